The summed E-state index contributed by atoms with van der Waals surface area (Å²) in [6.45, 7) is 5.06. The second-order valence-electron chi connectivity index (χ2n) is 7.90. The van der Waals surface area contributed by atoms with E-state index in [0.717, 1.165) is 25.9 Å². The maximum absolute atomic E-state index is 13.3. The molecule has 1 fully saturated rings. The predicted octanol–water partition coefficient (Wildman–Crippen LogP) is 4.44. The molecule has 160 valence electrons. The van der Waals surface area contributed by atoms with E-state index >= 15 is 0 Å². The number of carbonyl (C=O) groups excluding carboxylic acids is 3. The van der Waals surface area contributed by atoms with E-state index in [1.54, 1.807) is 62.4 Å². The molecule has 1 aliphatic heterocycles. The molecule has 0 aromatic heterocycles. The van der Waals surface area contributed by atoms with E-state index in [1.165, 1.54) is 0 Å². The Morgan fingerprint density at radius 1 is 0.903 bits per heavy atom. The van der Waals surface area contributed by atoms with Crippen LogP contribution in [0.25, 0.3) is 0 Å². The van der Waals surface area contributed by atoms with Crippen LogP contribution in [0.4, 0.5) is 16.2 Å². The van der Waals surface area contributed by atoms with Gasteiger partial charge in [0, 0.05) is 35.6 Å². The molecule has 0 spiro atoms. The molecular weight excluding hydrogens is 394 g/mol. The maximum atomic E-state index is 13.3. The molecule has 4 rings (SSSR count). The van der Waals surface area contributed by atoms with E-state index in [4.69, 9.17) is 4.74 Å². The molecule has 1 saturated heterocycles. The summed E-state index contributed by atoms with van der Waals surface area (Å²) in [5.41, 5.74) is 2.81. The Labute approximate surface area is 181 Å². The second-order valence-corrected chi connectivity index (χ2v) is 7.90. The molecule has 0 bridgehead atoms. The van der Waals surface area contributed by atoms with Crippen molar-refractivity contribution in [3.8, 4) is 0 Å². The smallest absolute Gasteiger partial charge is 0.411 e. The number of ketones is 2. The van der Waals surface area contributed by atoms with E-state index in [0.29, 0.717) is 33.9 Å². The molecule has 31 heavy (non-hydrogen) atoms. The number of rotatable bonds is 5. The third kappa shape index (κ3) is 4.30. The number of Topliss-reactive ketones (excluding diaryl/α,β-unsaturated/α-hetero) is 2. The average Bonchev–Trinajstić information content (AvgIpc) is 3.27. The molecule has 0 radical (unpaired) electrons. The van der Waals surface area contributed by atoms with Crippen molar-refractivity contribution in [2.45, 2.75) is 32.8 Å². The molecule has 2 N–H and O–H groups in total. The van der Waals surface area contributed by atoms with E-state index < -0.39 is 6.09 Å². The van der Waals surface area contributed by atoms with Gasteiger partial charge in [-0.2, -0.15) is 0 Å². The molecule has 2 aromatic carbocycles. The average molecular weight is 419 g/mol. The van der Waals surface area contributed by atoms with Crippen LogP contribution in [-0.2, 0) is 4.74 Å². The molecule has 7 heteroatoms. The summed E-state index contributed by atoms with van der Waals surface area (Å²) >= 11 is 0. The second kappa shape index (κ2) is 8.63. The fraction of sp³-hybridized carbons (Fsp3) is 0.292. The number of ether oxygens (including phenoxy) is 1. The summed E-state index contributed by atoms with van der Waals surface area (Å²) < 4.78 is 5.08. The molecule has 2 aliphatic rings. The first-order valence-corrected chi connectivity index (χ1v) is 10.5. The van der Waals surface area contributed by atoms with Crippen molar-refractivity contribution in [2.75, 3.05) is 23.7 Å². The third-order valence-electron chi connectivity index (χ3n) is 5.26. The topological polar surface area (TPSA) is 87.7 Å². The lowest BCUT2D eigenvalue weighted by molar-refractivity contribution is 0.0948. The van der Waals surface area contributed by atoms with Crippen LogP contribution in [0.2, 0.25) is 0 Å². The minimum Gasteiger partial charge on any atom is -0.447 e. The number of anilines is 2. The number of nitrogens with one attached hydrogen (secondary N) is 2. The lowest BCUT2D eigenvalue weighted by Gasteiger charge is -2.28. The number of nitrogens with zero attached hydrogens (tertiary/aromatic N) is 1. The first-order valence-electron chi connectivity index (χ1n) is 10.5. The number of likely N-dealkylation sites (tertiary alicyclic amines) is 1. The van der Waals surface area contributed by atoms with Crippen molar-refractivity contribution in [3.05, 3.63) is 71.1 Å². The van der Waals surface area contributed by atoms with E-state index in [-0.39, 0.29) is 17.7 Å². The molecule has 1 heterocycles. The van der Waals surface area contributed by atoms with Crippen LogP contribution >= 0.6 is 0 Å². The molecule has 1 aliphatic carbocycles. The van der Waals surface area contributed by atoms with Gasteiger partial charge >= 0.3 is 6.09 Å². The monoisotopic (exact) mass is 419 g/mol. The summed E-state index contributed by atoms with van der Waals surface area (Å²) in [6, 6.07) is 13.9. The third-order valence-corrected chi connectivity index (χ3v) is 5.26. The number of hydrogen-bond acceptors (Lipinski definition) is 6. The Bertz CT molecular complexity index is 1050. The molecule has 7 nitrogen and oxygen atoms in total. The van der Waals surface area contributed by atoms with Gasteiger partial charge in [-0.1, -0.05) is 24.3 Å². The Kier molecular flexibility index (Phi) is 5.75. The van der Waals surface area contributed by atoms with Gasteiger partial charge in [-0.3, -0.25) is 14.9 Å². The summed E-state index contributed by atoms with van der Waals surface area (Å²) in [5.74, 6) is -0.325. The van der Waals surface area contributed by atoms with E-state index in [1.807, 2.05) is 4.90 Å². The van der Waals surface area contributed by atoms with Crippen molar-refractivity contribution in [2.24, 2.45) is 0 Å². The van der Waals surface area contributed by atoms with Gasteiger partial charge in [-0.05, 0) is 51.0 Å². The zero-order chi connectivity index (χ0) is 22.0. The number of benzene rings is 2. The van der Waals surface area contributed by atoms with Crippen molar-refractivity contribution >= 4 is 29.0 Å². The highest BCUT2D eigenvalue weighted by molar-refractivity contribution is 6.27. The zero-order valence-electron chi connectivity index (χ0n) is 17.6. The van der Waals surface area contributed by atoms with Crippen LogP contribution in [-0.4, -0.2) is 41.8 Å². The van der Waals surface area contributed by atoms with E-state index in [9.17, 15) is 14.4 Å². The van der Waals surface area contributed by atoms with Crippen molar-refractivity contribution < 1.29 is 19.1 Å². The van der Waals surface area contributed by atoms with Gasteiger partial charge in [0.15, 0.2) is 0 Å². The minimum atomic E-state index is -0.528. The van der Waals surface area contributed by atoms with Gasteiger partial charge in [0.05, 0.1) is 6.10 Å². The van der Waals surface area contributed by atoms with Crippen LogP contribution in [0, 0.1) is 0 Å². The number of allylic oxidation sites excluding steroid dienone is 2. The molecule has 2 aromatic rings. The number of hydrogen-bond donors (Lipinski definition) is 2. The predicted molar refractivity (Wildman–Crippen MR) is 118 cm³/mol. The maximum Gasteiger partial charge on any atom is 0.411 e. The summed E-state index contributed by atoms with van der Waals surface area (Å²) in [6.07, 6.45) is 1.24. The summed E-state index contributed by atoms with van der Waals surface area (Å²) in [5, 5.41) is 5.82. The molecule has 1 amide bonds. The minimum absolute atomic E-state index is 0.130. The highest BCUT2D eigenvalue weighted by Crippen LogP contribution is 2.31. The van der Waals surface area contributed by atoms with Crippen LogP contribution < -0.4 is 10.6 Å². The summed E-state index contributed by atoms with van der Waals surface area (Å²) in [7, 11) is 0. The number of carbonyl (C=O) groups is 3. The van der Waals surface area contributed by atoms with Gasteiger partial charge in [-0.25, -0.2) is 4.79 Å². The van der Waals surface area contributed by atoms with Gasteiger partial charge in [-0.15, -0.1) is 0 Å². The highest BCUT2D eigenvalue weighted by Gasteiger charge is 2.36. The Morgan fingerprint density at radius 2 is 1.48 bits per heavy atom. The Morgan fingerprint density at radius 3 is 2.10 bits per heavy atom. The molecular formula is C24H25N3O4. The summed E-state index contributed by atoms with van der Waals surface area (Å²) in [4.78, 5) is 40.3. The fourth-order valence-electron chi connectivity index (χ4n) is 3.86. The molecule has 0 unspecified atom stereocenters. The standard InChI is InChI=1S/C24H25N3O4/c1-15(2)31-24(30)26-17-11-9-16(10-12-17)25-20-21(27-13-5-6-14-27)23(29)19-8-4-3-7-18(19)22(20)28/h3-4,7-12,15,25H,5-6,13-14H2,1-2H3,(H,26,30). The quantitative estimate of drug-likeness (QED) is 0.745. The Hall–Kier alpha value is -3.61. The Balaban J connectivity index is 1.61. The highest BCUT2D eigenvalue weighted by atomic mass is 16.6. The normalized spacial score (nSPS) is 15.9. The van der Waals surface area contributed by atoms with Gasteiger partial charge in [0.2, 0.25) is 11.6 Å². The largest absolute Gasteiger partial charge is 0.447 e. The van der Waals surface area contributed by atoms with Crippen LogP contribution in [0.5, 0.6) is 0 Å². The first kappa shape index (κ1) is 20.7. The van der Waals surface area contributed by atoms with Gasteiger partial charge < -0.3 is 15.0 Å². The SMILES string of the molecule is CC(C)OC(=O)Nc1ccc(NC2=C(N3CCCC3)C(=O)c3ccccc3C2=O)cc1. The lowest BCUT2D eigenvalue weighted by Crippen LogP contribution is -2.35. The molecule has 0 saturated carbocycles. The van der Waals surface area contributed by atoms with Crippen LogP contribution in [0.1, 0.15) is 47.4 Å². The van der Waals surface area contributed by atoms with Crippen molar-refractivity contribution in [1.29, 1.82) is 0 Å². The zero-order valence-corrected chi connectivity index (χ0v) is 17.6. The fourth-order valence-corrected chi connectivity index (χ4v) is 3.86. The number of amides is 1. The van der Waals surface area contributed by atoms with Crippen LogP contribution in [0.15, 0.2) is 59.9 Å². The lowest BCUT2D eigenvalue weighted by atomic mass is 9.89. The molecule has 0 atom stereocenters. The van der Waals surface area contributed by atoms with Crippen molar-refractivity contribution in [1.82, 2.24) is 4.90 Å². The van der Waals surface area contributed by atoms with Crippen molar-refractivity contribution in [3.63, 3.8) is 0 Å². The number of fused-ring (bicyclic) bond motifs is 1. The first-order chi connectivity index (χ1) is 14.9. The van der Waals surface area contributed by atoms with E-state index in [2.05, 4.69) is 10.6 Å². The van der Waals surface area contributed by atoms with Crippen LogP contribution in [0.3, 0.4) is 0 Å². The van der Waals surface area contributed by atoms with Gasteiger partial charge in [0.1, 0.15) is 11.4 Å². The van der Waals surface area contributed by atoms with Gasteiger partial charge in [0.25, 0.3) is 0 Å².